The predicted octanol–water partition coefficient (Wildman–Crippen LogP) is 4.38. The molecule has 1 amide bonds. The molecule has 0 aliphatic rings. The number of nitrogens with one attached hydrogen (secondary N) is 1. The summed E-state index contributed by atoms with van der Waals surface area (Å²) in [5.74, 6) is 0.111. The lowest BCUT2D eigenvalue weighted by atomic mass is 10.1. The Balaban J connectivity index is 1.78. The molecular weight excluding hydrogens is 460 g/mol. The van der Waals surface area contributed by atoms with Crippen LogP contribution in [0.1, 0.15) is 21.5 Å². The number of nitro benzene ring substituents is 2. The van der Waals surface area contributed by atoms with Gasteiger partial charge in [0.05, 0.1) is 41.9 Å². The lowest BCUT2D eigenvalue weighted by Gasteiger charge is -2.11. The van der Waals surface area contributed by atoms with Crippen molar-refractivity contribution in [2.75, 3.05) is 14.2 Å². The van der Waals surface area contributed by atoms with Crippen LogP contribution < -0.4 is 19.6 Å². The van der Waals surface area contributed by atoms with Crippen molar-refractivity contribution in [2.45, 2.75) is 6.92 Å². The molecule has 0 spiro atoms. The summed E-state index contributed by atoms with van der Waals surface area (Å²) in [5, 5.41) is 26.2. The molecule has 0 aliphatic carbocycles. The maximum Gasteiger partial charge on any atom is 0.318 e. The number of non-ortho nitro benzene ring substituents is 1. The summed E-state index contributed by atoms with van der Waals surface area (Å²) in [5.41, 5.74) is 3.20. The van der Waals surface area contributed by atoms with Crippen molar-refractivity contribution in [2.24, 2.45) is 5.10 Å². The second-order valence-electron chi connectivity index (χ2n) is 7.08. The first kappa shape index (κ1) is 24.6. The van der Waals surface area contributed by atoms with E-state index in [1.54, 1.807) is 24.3 Å². The van der Waals surface area contributed by atoms with Gasteiger partial charge in [-0.3, -0.25) is 25.0 Å². The number of nitro groups is 2. The molecule has 0 radical (unpaired) electrons. The van der Waals surface area contributed by atoms with E-state index >= 15 is 0 Å². The van der Waals surface area contributed by atoms with E-state index < -0.39 is 27.1 Å². The quantitative estimate of drug-likeness (QED) is 0.269. The fraction of sp³-hybridized carbons (Fsp3) is 0.130. The Labute approximate surface area is 199 Å². The molecule has 12 nitrogen and oxygen atoms in total. The van der Waals surface area contributed by atoms with E-state index in [0.717, 1.165) is 23.8 Å². The molecule has 0 saturated carbocycles. The average molecular weight is 480 g/mol. The van der Waals surface area contributed by atoms with Gasteiger partial charge in [-0.15, -0.1) is 0 Å². The number of benzene rings is 3. The largest absolute Gasteiger partial charge is 0.496 e. The van der Waals surface area contributed by atoms with E-state index in [1.165, 1.54) is 32.6 Å². The molecule has 0 fully saturated rings. The molecule has 0 atom stereocenters. The number of hydrazone groups is 1. The van der Waals surface area contributed by atoms with Crippen LogP contribution in [0.2, 0.25) is 0 Å². The monoisotopic (exact) mass is 480 g/mol. The summed E-state index contributed by atoms with van der Waals surface area (Å²) >= 11 is 0. The number of carbonyl (C=O) groups excluding carboxylic acids is 1. The zero-order valence-electron chi connectivity index (χ0n) is 18.9. The Kier molecular flexibility index (Phi) is 7.56. The lowest BCUT2D eigenvalue weighted by Crippen LogP contribution is -2.18. The minimum Gasteiger partial charge on any atom is -0.496 e. The van der Waals surface area contributed by atoms with Crippen molar-refractivity contribution in [1.29, 1.82) is 0 Å². The van der Waals surface area contributed by atoms with Crippen LogP contribution in [-0.2, 0) is 0 Å². The number of nitrogens with zero attached hydrogens (tertiary/aromatic N) is 3. The Morgan fingerprint density at radius 1 is 0.886 bits per heavy atom. The molecule has 0 aliphatic heterocycles. The summed E-state index contributed by atoms with van der Waals surface area (Å²) in [6.07, 6.45) is 1.37. The molecule has 35 heavy (non-hydrogen) atoms. The van der Waals surface area contributed by atoms with Gasteiger partial charge in [0, 0.05) is 6.07 Å². The van der Waals surface area contributed by atoms with Gasteiger partial charge in [-0.2, -0.15) is 5.10 Å². The van der Waals surface area contributed by atoms with E-state index in [0.29, 0.717) is 16.9 Å². The molecule has 0 aromatic heterocycles. The zero-order chi connectivity index (χ0) is 25.5. The van der Waals surface area contributed by atoms with Gasteiger partial charge in [-0.05, 0) is 54.4 Å². The topological polar surface area (TPSA) is 155 Å². The minimum absolute atomic E-state index is 0.134. The maximum absolute atomic E-state index is 12.4. The lowest BCUT2D eigenvalue weighted by molar-refractivity contribution is -0.394. The summed E-state index contributed by atoms with van der Waals surface area (Å²) in [4.78, 5) is 33.2. The first-order chi connectivity index (χ1) is 16.7. The van der Waals surface area contributed by atoms with Crippen LogP contribution in [0.5, 0.6) is 23.0 Å². The third-order valence-electron chi connectivity index (χ3n) is 4.74. The number of ether oxygens (including phenoxy) is 3. The molecule has 12 heteroatoms. The van der Waals surface area contributed by atoms with E-state index in [1.807, 2.05) is 6.92 Å². The summed E-state index contributed by atoms with van der Waals surface area (Å²) in [7, 11) is 2.84. The van der Waals surface area contributed by atoms with Crippen molar-refractivity contribution >= 4 is 23.5 Å². The van der Waals surface area contributed by atoms with Crippen LogP contribution in [0.3, 0.4) is 0 Å². The highest BCUT2D eigenvalue weighted by Crippen LogP contribution is 2.38. The van der Waals surface area contributed by atoms with Gasteiger partial charge >= 0.3 is 5.69 Å². The predicted molar refractivity (Wildman–Crippen MR) is 126 cm³/mol. The molecule has 0 unspecified atom stereocenters. The Morgan fingerprint density at radius 2 is 1.60 bits per heavy atom. The van der Waals surface area contributed by atoms with Crippen LogP contribution in [0, 0.1) is 27.2 Å². The first-order valence-corrected chi connectivity index (χ1v) is 10.00. The average Bonchev–Trinajstić information content (AvgIpc) is 2.84. The van der Waals surface area contributed by atoms with Gasteiger partial charge in [0.2, 0.25) is 5.75 Å². The molecule has 3 aromatic rings. The van der Waals surface area contributed by atoms with Crippen LogP contribution in [0.4, 0.5) is 11.4 Å². The Hall–Kier alpha value is -5.00. The first-order valence-electron chi connectivity index (χ1n) is 10.00. The molecule has 0 heterocycles. The van der Waals surface area contributed by atoms with Gasteiger partial charge in [0.25, 0.3) is 11.6 Å². The summed E-state index contributed by atoms with van der Waals surface area (Å²) < 4.78 is 16.1. The number of hydrogen-bond acceptors (Lipinski definition) is 9. The van der Waals surface area contributed by atoms with Crippen LogP contribution >= 0.6 is 0 Å². The normalized spacial score (nSPS) is 10.6. The third-order valence-corrected chi connectivity index (χ3v) is 4.74. The molecule has 3 rings (SSSR count). The molecule has 0 bridgehead atoms. The highest BCUT2D eigenvalue weighted by Gasteiger charge is 2.22. The van der Waals surface area contributed by atoms with Gasteiger partial charge in [-0.1, -0.05) is 6.07 Å². The van der Waals surface area contributed by atoms with Crippen molar-refractivity contribution in [1.82, 2.24) is 5.43 Å². The molecule has 180 valence electrons. The van der Waals surface area contributed by atoms with Gasteiger partial charge in [0.15, 0.2) is 11.5 Å². The highest BCUT2D eigenvalue weighted by atomic mass is 16.6. The van der Waals surface area contributed by atoms with Crippen molar-refractivity contribution < 1.29 is 28.9 Å². The number of aryl methyl sites for hydroxylation is 1. The fourth-order valence-electron chi connectivity index (χ4n) is 3.03. The third kappa shape index (κ3) is 5.87. The van der Waals surface area contributed by atoms with Crippen molar-refractivity contribution in [3.8, 4) is 23.0 Å². The van der Waals surface area contributed by atoms with Gasteiger partial charge in [0.1, 0.15) is 5.75 Å². The SMILES string of the molecule is COc1cc(/C=N\NC(=O)c2ccc(C)cc2OC)ccc1Oc1ccc([N+](=O)[O-])cc1[N+](=O)[O-]. The molecule has 1 N–H and O–H groups in total. The van der Waals surface area contributed by atoms with Crippen molar-refractivity contribution in [3.63, 3.8) is 0 Å². The minimum atomic E-state index is -0.776. The number of methoxy groups -OCH3 is 2. The fourth-order valence-corrected chi connectivity index (χ4v) is 3.03. The summed E-state index contributed by atoms with van der Waals surface area (Å²) in [6.45, 7) is 1.88. The van der Waals surface area contributed by atoms with E-state index in [9.17, 15) is 25.0 Å². The highest BCUT2D eigenvalue weighted by molar-refractivity contribution is 5.97. The van der Waals surface area contributed by atoms with Crippen LogP contribution in [0.25, 0.3) is 0 Å². The maximum atomic E-state index is 12.4. The molecular formula is C23H20N4O8. The number of amides is 1. The summed E-state index contributed by atoms with van der Waals surface area (Å²) in [6, 6.07) is 12.8. The number of rotatable bonds is 9. The van der Waals surface area contributed by atoms with Gasteiger partial charge in [-0.25, -0.2) is 5.43 Å². The van der Waals surface area contributed by atoms with E-state index in [-0.39, 0.29) is 17.2 Å². The standard InChI is InChI=1S/C23H20N4O8/c1-14-4-7-17(21(10-14)33-2)23(28)25-24-13-15-5-8-20(22(11-15)34-3)35-19-9-6-16(26(29)30)12-18(19)27(31)32/h4-13H,1-3H3,(H,25,28)/b24-13-. The Bertz CT molecular complexity index is 1320. The second-order valence-corrected chi connectivity index (χ2v) is 7.08. The van der Waals surface area contributed by atoms with E-state index in [2.05, 4.69) is 10.5 Å². The van der Waals surface area contributed by atoms with Crippen LogP contribution in [-0.4, -0.2) is 36.2 Å². The molecule has 0 saturated heterocycles. The van der Waals surface area contributed by atoms with E-state index in [4.69, 9.17) is 14.2 Å². The van der Waals surface area contributed by atoms with Crippen molar-refractivity contribution in [3.05, 3.63) is 91.5 Å². The van der Waals surface area contributed by atoms with Gasteiger partial charge < -0.3 is 14.2 Å². The second kappa shape index (κ2) is 10.7. The van der Waals surface area contributed by atoms with Crippen LogP contribution in [0.15, 0.2) is 59.7 Å². The number of carbonyl (C=O) groups is 1. The number of hydrogen-bond donors (Lipinski definition) is 1. The zero-order valence-corrected chi connectivity index (χ0v) is 18.9. The smallest absolute Gasteiger partial charge is 0.318 e. The Morgan fingerprint density at radius 3 is 2.26 bits per heavy atom. The molecule has 3 aromatic carbocycles.